The van der Waals surface area contributed by atoms with Gasteiger partial charge in [0.15, 0.2) is 5.78 Å². The average Bonchev–Trinajstić information content (AvgIpc) is 2.66. The summed E-state index contributed by atoms with van der Waals surface area (Å²) in [4.78, 5) is 12.5. The highest BCUT2D eigenvalue weighted by Gasteiger charge is 2.65. The molecule has 0 heterocycles. The van der Waals surface area contributed by atoms with Crippen LogP contribution in [0.15, 0.2) is 12.2 Å². The molecule has 0 aromatic rings. The predicted molar refractivity (Wildman–Crippen MR) is 87.3 cm³/mol. The Morgan fingerprint density at radius 3 is 2.55 bits per heavy atom. The minimum absolute atomic E-state index is 0.0770. The highest BCUT2D eigenvalue weighted by Crippen LogP contribution is 2.71. The summed E-state index contributed by atoms with van der Waals surface area (Å²) in [5, 5.41) is 10.5. The minimum atomic E-state index is -0.769. The molecule has 0 aromatic heterocycles. The maximum Gasteiger partial charge on any atom is 0.162 e. The maximum absolute atomic E-state index is 12.5. The monoisotopic (exact) mass is 302 g/mol. The van der Waals surface area contributed by atoms with Gasteiger partial charge in [-0.1, -0.05) is 32.9 Å². The smallest absolute Gasteiger partial charge is 0.162 e. The van der Waals surface area contributed by atoms with E-state index < -0.39 is 6.10 Å². The summed E-state index contributed by atoms with van der Waals surface area (Å²) in [7, 11) is 0. The fraction of sp³-hybridized carbons (Fsp3) is 0.850. The van der Waals surface area contributed by atoms with E-state index in [-0.39, 0.29) is 16.6 Å². The standard InChI is InChI=1S/C20H30O2/c1-12-9-20-8-7-15-18(2,3)17(22)14(21)11-19(15,4)16(20)6-5-13(12)10-20/h13,15-17,22H,1,5-11H2,2-4H3/t13-,15+,16-,17+,19+,20-/m0/s1. The second-order valence-electron chi connectivity index (χ2n) is 9.69. The molecule has 2 bridgehead atoms. The van der Waals surface area contributed by atoms with E-state index in [1.807, 2.05) is 0 Å². The van der Waals surface area contributed by atoms with Crippen LogP contribution >= 0.6 is 0 Å². The third kappa shape index (κ3) is 1.63. The number of carbonyl (C=O) groups is 1. The van der Waals surface area contributed by atoms with E-state index in [0.29, 0.717) is 23.7 Å². The first kappa shape index (κ1) is 14.9. The van der Waals surface area contributed by atoms with Gasteiger partial charge in [0.25, 0.3) is 0 Å². The Bertz CT molecular complexity index is 548. The highest BCUT2D eigenvalue weighted by molar-refractivity contribution is 5.85. The molecule has 4 fully saturated rings. The molecule has 1 N–H and O–H groups in total. The molecule has 122 valence electrons. The van der Waals surface area contributed by atoms with Gasteiger partial charge in [-0.25, -0.2) is 0 Å². The van der Waals surface area contributed by atoms with Crippen LogP contribution in [0.3, 0.4) is 0 Å². The van der Waals surface area contributed by atoms with Crippen molar-refractivity contribution in [1.82, 2.24) is 0 Å². The topological polar surface area (TPSA) is 37.3 Å². The summed E-state index contributed by atoms with van der Waals surface area (Å²) < 4.78 is 0. The van der Waals surface area contributed by atoms with Crippen LogP contribution in [0, 0.1) is 34.0 Å². The van der Waals surface area contributed by atoms with Crippen LogP contribution in [-0.4, -0.2) is 17.0 Å². The van der Waals surface area contributed by atoms with Crippen molar-refractivity contribution in [3.63, 3.8) is 0 Å². The number of ketones is 1. The van der Waals surface area contributed by atoms with E-state index in [4.69, 9.17) is 0 Å². The molecule has 0 unspecified atom stereocenters. The van der Waals surface area contributed by atoms with Crippen LogP contribution in [0.25, 0.3) is 0 Å². The molecule has 4 saturated carbocycles. The van der Waals surface area contributed by atoms with E-state index in [1.54, 1.807) is 0 Å². The Morgan fingerprint density at radius 2 is 1.82 bits per heavy atom. The summed E-state index contributed by atoms with van der Waals surface area (Å²) in [5.41, 5.74) is 1.70. The van der Waals surface area contributed by atoms with Gasteiger partial charge in [0.1, 0.15) is 6.10 Å². The van der Waals surface area contributed by atoms with Crippen LogP contribution in [0.4, 0.5) is 0 Å². The zero-order chi connectivity index (χ0) is 15.9. The molecule has 0 aromatic carbocycles. The van der Waals surface area contributed by atoms with E-state index in [9.17, 15) is 9.90 Å². The zero-order valence-electron chi connectivity index (χ0n) is 14.3. The first-order valence-electron chi connectivity index (χ1n) is 9.09. The molecule has 2 heteroatoms. The van der Waals surface area contributed by atoms with Gasteiger partial charge in [-0.15, -0.1) is 0 Å². The van der Waals surface area contributed by atoms with Crippen molar-refractivity contribution >= 4 is 5.78 Å². The number of allylic oxidation sites excluding steroid dienone is 1. The normalized spacial score (nSPS) is 53.1. The van der Waals surface area contributed by atoms with Gasteiger partial charge in [0.05, 0.1) is 0 Å². The van der Waals surface area contributed by atoms with E-state index in [2.05, 4.69) is 27.4 Å². The lowest BCUT2D eigenvalue weighted by Crippen LogP contribution is -2.62. The molecular formula is C20H30O2. The molecule has 4 aliphatic carbocycles. The Morgan fingerprint density at radius 1 is 1.09 bits per heavy atom. The van der Waals surface area contributed by atoms with Gasteiger partial charge >= 0.3 is 0 Å². The number of Topliss-reactive ketones (excluding diaryl/α,β-unsaturated/α-hetero) is 1. The molecule has 6 atom stereocenters. The van der Waals surface area contributed by atoms with Gasteiger partial charge in [-0.2, -0.15) is 0 Å². The van der Waals surface area contributed by atoms with Gasteiger partial charge in [0.2, 0.25) is 0 Å². The van der Waals surface area contributed by atoms with E-state index >= 15 is 0 Å². The van der Waals surface area contributed by atoms with E-state index in [1.165, 1.54) is 44.1 Å². The maximum atomic E-state index is 12.5. The van der Waals surface area contributed by atoms with Gasteiger partial charge < -0.3 is 5.11 Å². The first-order valence-corrected chi connectivity index (χ1v) is 9.09. The number of fused-ring (bicyclic) bond motifs is 3. The minimum Gasteiger partial charge on any atom is -0.385 e. The Labute approximate surface area is 134 Å². The van der Waals surface area contributed by atoms with Crippen molar-refractivity contribution in [2.45, 2.75) is 71.8 Å². The van der Waals surface area contributed by atoms with Crippen LogP contribution in [0.5, 0.6) is 0 Å². The van der Waals surface area contributed by atoms with Crippen LogP contribution in [0.1, 0.15) is 65.7 Å². The zero-order valence-corrected chi connectivity index (χ0v) is 14.3. The molecule has 0 aliphatic heterocycles. The summed E-state index contributed by atoms with van der Waals surface area (Å²) in [5.74, 6) is 1.94. The molecule has 4 aliphatic rings. The number of aliphatic hydroxyl groups excluding tert-OH is 1. The molecular weight excluding hydrogens is 272 g/mol. The van der Waals surface area contributed by atoms with E-state index in [0.717, 1.165) is 5.92 Å². The summed E-state index contributed by atoms with van der Waals surface area (Å²) in [6, 6.07) is 0. The average molecular weight is 302 g/mol. The summed E-state index contributed by atoms with van der Waals surface area (Å²) in [6.45, 7) is 11.0. The van der Waals surface area contributed by atoms with Crippen molar-refractivity contribution in [2.24, 2.45) is 34.0 Å². The second-order valence-corrected chi connectivity index (χ2v) is 9.69. The molecule has 0 radical (unpaired) electrons. The van der Waals surface area contributed by atoms with Crippen molar-refractivity contribution in [3.8, 4) is 0 Å². The van der Waals surface area contributed by atoms with Crippen molar-refractivity contribution in [1.29, 1.82) is 0 Å². The number of rotatable bonds is 0. The summed E-state index contributed by atoms with van der Waals surface area (Å²) >= 11 is 0. The summed E-state index contributed by atoms with van der Waals surface area (Å²) in [6.07, 6.45) is 7.31. The quantitative estimate of drug-likeness (QED) is 0.683. The fourth-order valence-electron chi connectivity index (χ4n) is 7.49. The lowest BCUT2D eigenvalue weighted by Gasteiger charge is -2.64. The number of hydrogen-bond acceptors (Lipinski definition) is 2. The Kier molecular flexibility index (Phi) is 2.89. The SMILES string of the molecule is C=C1C[C@]23CC[C@@H]4C(C)(C)[C@H](O)C(=O)C[C@@]4(C)[C@@H]2CC[C@H]1C3. The van der Waals surface area contributed by atoms with Gasteiger partial charge in [0, 0.05) is 11.8 Å². The molecule has 22 heavy (non-hydrogen) atoms. The molecule has 2 nitrogen and oxygen atoms in total. The third-order valence-electron chi connectivity index (χ3n) is 8.34. The van der Waals surface area contributed by atoms with Gasteiger partial charge in [-0.3, -0.25) is 4.79 Å². The van der Waals surface area contributed by atoms with Crippen molar-refractivity contribution < 1.29 is 9.90 Å². The molecule has 4 rings (SSSR count). The molecule has 0 amide bonds. The predicted octanol–water partition coefficient (Wildman–Crippen LogP) is 4.13. The van der Waals surface area contributed by atoms with Crippen molar-refractivity contribution in [3.05, 3.63) is 12.2 Å². The number of hydrogen-bond donors (Lipinski definition) is 1. The number of aliphatic hydroxyl groups is 1. The lowest BCUT2D eigenvalue weighted by atomic mass is 9.40. The Hall–Kier alpha value is -0.630. The second kappa shape index (κ2) is 4.26. The van der Waals surface area contributed by atoms with Crippen LogP contribution in [-0.2, 0) is 4.79 Å². The number of carbonyl (C=O) groups excluding carboxylic acids is 1. The van der Waals surface area contributed by atoms with Gasteiger partial charge in [-0.05, 0) is 67.1 Å². The molecule has 0 saturated heterocycles. The van der Waals surface area contributed by atoms with Crippen LogP contribution < -0.4 is 0 Å². The van der Waals surface area contributed by atoms with Crippen LogP contribution in [0.2, 0.25) is 0 Å². The third-order valence-corrected chi connectivity index (χ3v) is 8.34. The highest BCUT2D eigenvalue weighted by atomic mass is 16.3. The largest absolute Gasteiger partial charge is 0.385 e. The van der Waals surface area contributed by atoms with Crippen molar-refractivity contribution in [2.75, 3.05) is 0 Å². The Balaban J connectivity index is 1.77. The first-order chi connectivity index (χ1) is 10.2. The molecule has 1 spiro atoms. The fourth-order valence-corrected chi connectivity index (χ4v) is 7.49. The lowest BCUT2D eigenvalue weighted by molar-refractivity contribution is -0.186.